The fourth-order valence-electron chi connectivity index (χ4n) is 3.11. The number of rotatable bonds is 2. The molecule has 0 spiro atoms. The van der Waals surface area contributed by atoms with Crippen molar-refractivity contribution in [3.05, 3.63) is 71.8 Å². The molecule has 0 fully saturated rings. The first-order chi connectivity index (χ1) is 12.1. The lowest BCUT2D eigenvalue weighted by Gasteiger charge is -2.17. The van der Waals surface area contributed by atoms with Gasteiger partial charge in [-0.2, -0.15) is 0 Å². The lowest BCUT2D eigenvalue weighted by Crippen LogP contribution is -2.29. The molecular weight excluding hydrogens is 318 g/mol. The van der Waals surface area contributed by atoms with Gasteiger partial charge in [0.05, 0.1) is 16.8 Å². The SMILES string of the molecule is CC(=O)Oc1cccc2c(N3C(=O)c4ccccc4C3=O)cccc12. The Balaban J connectivity index is 1.90. The third kappa shape index (κ3) is 2.29. The number of hydrogen-bond donors (Lipinski definition) is 0. The summed E-state index contributed by atoms with van der Waals surface area (Å²) in [5.74, 6) is -0.751. The fraction of sp³-hybridized carbons (Fsp3) is 0.0500. The van der Waals surface area contributed by atoms with E-state index in [1.165, 1.54) is 11.8 Å². The van der Waals surface area contributed by atoms with Gasteiger partial charge in [0, 0.05) is 17.7 Å². The van der Waals surface area contributed by atoms with Crippen LogP contribution < -0.4 is 9.64 Å². The molecule has 1 aliphatic heterocycles. The smallest absolute Gasteiger partial charge is 0.308 e. The van der Waals surface area contributed by atoms with Gasteiger partial charge in [0.2, 0.25) is 0 Å². The molecule has 0 aliphatic carbocycles. The molecule has 0 atom stereocenters. The van der Waals surface area contributed by atoms with Crippen molar-refractivity contribution in [1.82, 2.24) is 0 Å². The summed E-state index contributed by atoms with van der Waals surface area (Å²) in [6.07, 6.45) is 0. The van der Waals surface area contributed by atoms with Crippen LogP contribution in [-0.4, -0.2) is 17.8 Å². The number of carbonyl (C=O) groups excluding carboxylic acids is 3. The van der Waals surface area contributed by atoms with E-state index in [-0.39, 0.29) is 11.8 Å². The molecule has 0 unspecified atom stereocenters. The molecule has 1 heterocycles. The molecule has 3 aromatic carbocycles. The molecule has 5 heteroatoms. The Morgan fingerprint density at radius 2 is 1.40 bits per heavy atom. The van der Waals surface area contributed by atoms with Gasteiger partial charge in [-0.25, -0.2) is 4.90 Å². The minimum Gasteiger partial charge on any atom is -0.426 e. The maximum Gasteiger partial charge on any atom is 0.308 e. The number of esters is 1. The van der Waals surface area contributed by atoms with Gasteiger partial charge in [-0.15, -0.1) is 0 Å². The average Bonchev–Trinajstić information content (AvgIpc) is 2.86. The van der Waals surface area contributed by atoms with Crippen molar-refractivity contribution in [1.29, 1.82) is 0 Å². The Morgan fingerprint density at radius 3 is 2.04 bits per heavy atom. The first-order valence-electron chi connectivity index (χ1n) is 7.76. The normalized spacial score (nSPS) is 13.2. The Hall–Kier alpha value is -3.47. The van der Waals surface area contributed by atoms with Crippen LogP contribution in [0.2, 0.25) is 0 Å². The van der Waals surface area contributed by atoms with Crippen LogP contribution in [-0.2, 0) is 4.79 Å². The van der Waals surface area contributed by atoms with E-state index in [1.807, 2.05) is 0 Å². The van der Waals surface area contributed by atoms with Crippen LogP contribution in [0.15, 0.2) is 60.7 Å². The second-order valence-corrected chi connectivity index (χ2v) is 5.71. The molecule has 4 rings (SSSR count). The van der Waals surface area contributed by atoms with Crippen molar-refractivity contribution < 1.29 is 19.1 Å². The van der Waals surface area contributed by atoms with Crippen LogP contribution in [0.5, 0.6) is 5.75 Å². The number of amides is 2. The van der Waals surface area contributed by atoms with E-state index in [4.69, 9.17) is 4.74 Å². The molecule has 0 aromatic heterocycles. The molecule has 122 valence electrons. The summed E-state index contributed by atoms with van der Waals surface area (Å²) in [6, 6.07) is 17.2. The largest absolute Gasteiger partial charge is 0.426 e. The Kier molecular flexibility index (Phi) is 3.35. The summed E-state index contributed by atoms with van der Waals surface area (Å²) in [5.41, 5.74) is 1.25. The van der Waals surface area contributed by atoms with Crippen LogP contribution in [0.3, 0.4) is 0 Å². The molecule has 0 radical (unpaired) electrons. The first-order valence-corrected chi connectivity index (χ1v) is 7.76. The van der Waals surface area contributed by atoms with Gasteiger partial charge in [-0.3, -0.25) is 14.4 Å². The first kappa shape index (κ1) is 15.1. The van der Waals surface area contributed by atoms with Crippen LogP contribution in [0, 0.1) is 0 Å². The zero-order chi connectivity index (χ0) is 17.6. The molecular formula is C20H13NO4. The van der Waals surface area contributed by atoms with Gasteiger partial charge < -0.3 is 4.74 Å². The predicted octanol–water partition coefficient (Wildman–Crippen LogP) is 3.57. The van der Waals surface area contributed by atoms with Gasteiger partial charge in [0.15, 0.2) is 0 Å². The van der Waals surface area contributed by atoms with Crippen molar-refractivity contribution >= 4 is 34.2 Å². The van der Waals surface area contributed by atoms with Crippen molar-refractivity contribution in [3.63, 3.8) is 0 Å². The zero-order valence-corrected chi connectivity index (χ0v) is 13.4. The highest BCUT2D eigenvalue weighted by Gasteiger charge is 2.37. The number of nitrogens with zero attached hydrogens (tertiary/aromatic N) is 1. The minimum absolute atomic E-state index is 0.356. The van der Waals surface area contributed by atoms with Crippen molar-refractivity contribution in [2.24, 2.45) is 0 Å². The summed E-state index contributed by atoms with van der Waals surface area (Å²) in [6.45, 7) is 1.33. The highest BCUT2D eigenvalue weighted by molar-refractivity contribution is 6.36. The number of hydrogen-bond acceptors (Lipinski definition) is 4. The lowest BCUT2D eigenvalue weighted by molar-refractivity contribution is -0.131. The lowest BCUT2D eigenvalue weighted by atomic mass is 10.1. The van der Waals surface area contributed by atoms with E-state index < -0.39 is 5.97 Å². The van der Waals surface area contributed by atoms with Gasteiger partial charge in [0.1, 0.15) is 5.75 Å². The molecule has 0 bridgehead atoms. The number of imide groups is 1. The summed E-state index contributed by atoms with van der Waals surface area (Å²) in [5, 5.41) is 1.32. The molecule has 2 amide bonds. The van der Waals surface area contributed by atoms with E-state index in [0.29, 0.717) is 33.3 Å². The zero-order valence-electron chi connectivity index (χ0n) is 13.4. The van der Waals surface area contributed by atoms with Crippen LogP contribution in [0.25, 0.3) is 10.8 Å². The molecule has 5 nitrogen and oxygen atoms in total. The van der Waals surface area contributed by atoms with E-state index in [9.17, 15) is 14.4 Å². The Labute approximate surface area is 143 Å². The van der Waals surface area contributed by atoms with Gasteiger partial charge in [-0.05, 0) is 24.3 Å². The highest BCUT2D eigenvalue weighted by atomic mass is 16.5. The van der Waals surface area contributed by atoms with E-state index in [0.717, 1.165) is 0 Å². The van der Waals surface area contributed by atoms with Crippen LogP contribution in [0.4, 0.5) is 5.69 Å². The van der Waals surface area contributed by atoms with Crippen molar-refractivity contribution in [2.75, 3.05) is 4.90 Å². The van der Waals surface area contributed by atoms with Gasteiger partial charge >= 0.3 is 5.97 Å². The Bertz CT molecular complexity index is 1020. The number of anilines is 1. The predicted molar refractivity (Wildman–Crippen MR) is 92.8 cm³/mol. The maximum atomic E-state index is 12.7. The average molecular weight is 331 g/mol. The molecule has 1 aliphatic rings. The quantitative estimate of drug-likeness (QED) is 0.409. The maximum absolute atomic E-state index is 12.7. The minimum atomic E-state index is -0.432. The fourth-order valence-corrected chi connectivity index (χ4v) is 3.11. The monoisotopic (exact) mass is 331 g/mol. The molecule has 0 saturated carbocycles. The van der Waals surface area contributed by atoms with Crippen molar-refractivity contribution in [2.45, 2.75) is 6.92 Å². The molecule has 0 N–H and O–H groups in total. The van der Waals surface area contributed by atoms with Crippen LogP contribution >= 0.6 is 0 Å². The Morgan fingerprint density at radius 1 is 0.800 bits per heavy atom. The second-order valence-electron chi connectivity index (χ2n) is 5.71. The number of ether oxygens (including phenoxy) is 1. The summed E-state index contributed by atoms with van der Waals surface area (Å²) in [7, 11) is 0. The molecule has 25 heavy (non-hydrogen) atoms. The van der Waals surface area contributed by atoms with E-state index in [2.05, 4.69) is 0 Å². The van der Waals surface area contributed by atoms with Crippen LogP contribution in [0.1, 0.15) is 27.6 Å². The number of benzene rings is 3. The summed E-state index contributed by atoms with van der Waals surface area (Å²) in [4.78, 5) is 37.9. The topological polar surface area (TPSA) is 63.7 Å². The number of fused-ring (bicyclic) bond motifs is 2. The van der Waals surface area contributed by atoms with E-state index in [1.54, 1.807) is 60.7 Å². The third-order valence-electron chi connectivity index (χ3n) is 4.15. The summed E-state index contributed by atoms with van der Waals surface area (Å²) >= 11 is 0. The van der Waals surface area contributed by atoms with E-state index >= 15 is 0 Å². The third-order valence-corrected chi connectivity index (χ3v) is 4.15. The number of carbonyl (C=O) groups is 3. The van der Waals surface area contributed by atoms with Gasteiger partial charge in [-0.1, -0.05) is 36.4 Å². The highest BCUT2D eigenvalue weighted by Crippen LogP contribution is 2.36. The van der Waals surface area contributed by atoms with Gasteiger partial charge in [0.25, 0.3) is 11.8 Å². The summed E-state index contributed by atoms with van der Waals surface area (Å²) < 4.78 is 5.23. The second kappa shape index (κ2) is 5.56. The molecule has 3 aromatic rings. The standard InChI is InChI=1S/C20H13NO4/c1-12(22)25-18-11-5-8-13-14(18)9-4-10-17(13)21-19(23)15-6-2-3-7-16(15)20(21)24/h2-11H,1H3. The molecule has 0 saturated heterocycles. The van der Waals surface area contributed by atoms with Crippen molar-refractivity contribution in [3.8, 4) is 5.75 Å².